The van der Waals surface area contributed by atoms with Crippen LogP contribution in [0.15, 0.2) is 0 Å². The fourth-order valence-corrected chi connectivity index (χ4v) is 3.62. The first-order valence-corrected chi connectivity index (χ1v) is 10.0. The molecule has 0 saturated carbocycles. The number of ether oxygens (including phenoxy) is 2. The molecule has 0 aromatic rings. The number of imide groups is 2. The molecule has 4 amide bonds. The molecule has 8 heteroatoms. The highest BCUT2D eigenvalue weighted by molar-refractivity contribution is 5.95. The third kappa shape index (κ3) is 4.64. The summed E-state index contributed by atoms with van der Waals surface area (Å²) in [6, 6.07) is -0.579. The van der Waals surface area contributed by atoms with Gasteiger partial charge in [-0.05, 0) is 23.7 Å². The molecule has 0 aliphatic carbocycles. The number of cyclic esters (lactones) is 2. The lowest BCUT2D eigenvalue weighted by Gasteiger charge is -2.28. The maximum absolute atomic E-state index is 12.8. The molecule has 2 aliphatic rings. The van der Waals surface area contributed by atoms with Gasteiger partial charge in [0, 0.05) is 12.8 Å². The molecule has 2 heterocycles. The molecule has 2 rings (SSSR count). The first-order valence-electron chi connectivity index (χ1n) is 10.0. The maximum atomic E-state index is 12.8. The number of hydrogen-bond donors (Lipinski definition) is 0. The van der Waals surface area contributed by atoms with E-state index in [4.69, 9.17) is 9.47 Å². The van der Waals surface area contributed by atoms with Gasteiger partial charge in [0.15, 0.2) is 0 Å². The van der Waals surface area contributed by atoms with Gasteiger partial charge in [0.05, 0.1) is 12.1 Å². The average molecular weight is 396 g/mol. The Hall–Kier alpha value is -2.12. The van der Waals surface area contributed by atoms with Crippen molar-refractivity contribution in [2.75, 3.05) is 13.2 Å². The lowest BCUT2D eigenvalue weighted by atomic mass is 9.87. The molecular formula is C20H32N2O6. The summed E-state index contributed by atoms with van der Waals surface area (Å²) >= 11 is 0. The van der Waals surface area contributed by atoms with E-state index in [2.05, 4.69) is 0 Å². The van der Waals surface area contributed by atoms with E-state index in [1.165, 1.54) is 9.80 Å². The Morgan fingerprint density at radius 1 is 0.821 bits per heavy atom. The summed E-state index contributed by atoms with van der Waals surface area (Å²) in [5, 5.41) is 0. The second-order valence-corrected chi connectivity index (χ2v) is 8.72. The number of amides is 4. The van der Waals surface area contributed by atoms with Crippen molar-refractivity contribution in [2.45, 2.75) is 66.5 Å². The quantitative estimate of drug-likeness (QED) is 0.657. The Balaban J connectivity index is 2.09. The van der Waals surface area contributed by atoms with Crippen molar-refractivity contribution in [3.05, 3.63) is 0 Å². The van der Waals surface area contributed by atoms with Crippen molar-refractivity contribution in [3.8, 4) is 0 Å². The van der Waals surface area contributed by atoms with Gasteiger partial charge in [-0.3, -0.25) is 9.59 Å². The molecule has 2 atom stereocenters. The fourth-order valence-electron chi connectivity index (χ4n) is 3.62. The zero-order valence-corrected chi connectivity index (χ0v) is 17.6. The van der Waals surface area contributed by atoms with Crippen LogP contribution >= 0.6 is 0 Å². The van der Waals surface area contributed by atoms with Crippen LogP contribution in [0.25, 0.3) is 0 Å². The Morgan fingerprint density at radius 3 is 1.46 bits per heavy atom. The highest BCUT2D eigenvalue weighted by atomic mass is 16.6. The van der Waals surface area contributed by atoms with Crippen molar-refractivity contribution < 1.29 is 28.7 Å². The third-order valence-corrected chi connectivity index (χ3v) is 5.70. The van der Waals surface area contributed by atoms with E-state index in [-0.39, 0.29) is 73.6 Å². The van der Waals surface area contributed by atoms with Crippen LogP contribution in [0.1, 0.15) is 54.4 Å². The monoisotopic (exact) mass is 396 g/mol. The number of carbonyl (C=O) groups excluding carboxylic acids is 4. The largest absolute Gasteiger partial charge is 0.447 e. The van der Waals surface area contributed by atoms with Crippen LogP contribution in [-0.2, 0) is 19.1 Å². The molecule has 0 unspecified atom stereocenters. The van der Waals surface area contributed by atoms with Crippen molar-refractivity contribution in [2.24, 2.45) is 23.7 Å². The van der Waals surface area contributed by atoms with Crippen molar-refractivity contribution in [3.63, 3.8) is 0 Å². The summed E-state index contributed by atoms with van der Waals surface area (Å²) < 4.78 is 10.1. The predicted octanol–water partition coefficient (Wildman–Crippen LogP) is 3.05. The number of nitrogens with zero attached hydrogens (tertiary/aromatic N) is 2. The van der Waals surface area contributed by atoms with Crippen LogP contribution in [0, 0.1) is 23.7 Å². The highest BCUT2D eigenvalue weighted by Gasteiger charge is 2.42. The van der Waals surface area contributed by atoms with Crippen molar-refractivity contribution in [1.29, 1.82) is 0 Å². The summed E-state index contributed by atoms with van der Waals surface area (Å²) in [6.45, 7) is 12.0. The molecule has 0 N–H and O–H groups in total. The summed E-state index contributed by atoms with van der Waals surface area (Å²) in [5.41, 5.74) is 0. The molecule has 2 saturated heterocycles. The van der Waals surface area contributed by atoms with Gasteiger partial charge in [-0.2, -0.15) is 0 Å². The number of rotatable bonds is 7. The van der Waals surface area contributed by atoms with E-state index in [1.54, 1.807) is 0 Å². The van der Waals surface area contributed by atoms with Crippen LogP contribution in [0.3, 0.4) is 0 Å². The van der Waals surface area contributed by atoms with Crippen molar-refractivity contribution in [1.82, 2.24) is 9.80 Å². The molecule has 2 fully saturated rings. The van der Waals surface area contributed by atoms with Gasteiger partial charge in [0.25, 0.3) is 0 Å². The minimum absolute atomic E-state index is 0.0279. The van der Waals surface area contributed by atoms with Crippen LogP contribution in [0.5, 0.6) is 0 Å². The zero-order valence-electron chi connectivity index (χ0n) is 17.6. The summed E-state index contributed by atoms with van der Waals surface area (Å²) in [7, 11) is 0. The molecule has 0 aromatic heterocycles. The van der Waals surface area contributed by atoms with E-state index < -0.39 is 12.2 Å². The third-order valence-electron chi connectivity index (χ3n) is 5.70. The Labute approximate surface area is 166 Å². The summed E-state index contributed by atoms with van der Waals surface area (Å²) in [6.07, 6.45) is -1.14. The number of carbonyl (C=O) groups is 4. The zero-order chi connectivity index (χ0) is 21.2. The van der Waals surface area contributed by atoms with Gasteiger partial charge in [-0.1, -0.05) is 41.5 Å². The van der Waals surface area contributed by atoms with E-state index >= 15 is 0 Å². The number of hydrogen-bond acceptors (Lipinski definition) is 6. The summed E-state index contributed by atoms with van der Waals surface area (Å²) in [5.74, 6) is -0.766. The molecule has 0 bridgehead atoms. The Bertz CT molecular complexity index is 580. The lowest BCUT2D eigenvalue weighted by Crippen LogP contribution is -2.44. The maximum Gasteiger partial charge on any atom is 0.416 e. The van der Waals surface area contributed by atoms with E-state index in [0.29, 0.717) is 0 Å². The summed E-state index contributed by atoms with van der Waals surface area (Å²) in [4.78, 5) is 52.1. The molecular weight excluding hydrogens is 364 g/mol. The molecule has 0 radical (unpaired) electrons. The molecule has 8 nitrogen and oxygen atoms in total. The van der Waals surface area contributed by atoms with Crippen LogP contribution in [-0.4, -0.2) is 59.1 Å². The second-order valence-electron chi connectivity index (χ2n) is 8.72. The van der Waals surface area contributed by atoms with Gasteiger partial charge in [0.1, 0.15) is 13.2 Å². The van der Waals surface area contributed by atoms with Crippen molar-refractivity contribution >= 4 is 24.0 Å². The molecule has 0 aromatic carbocycles. The molecule has 28 heavy (non-hydrogen) atoms. The van der Waals surface area contributed by atoms with Gasteiger partial charge in [-0.15, -0.1) is 0 Å². The topological polar surface area (TPSA) is 93.2 Å². The van der Waals surface area contributed by atoms with Crippen LogP contribution in [0.2, 0.25) is 0 Å². The fraction of sp³-hybridized carbons (Fsp3) is 0.800. The van der Waals surface area contributed by atoms with Gasteiger partial charge in [0.2, 0.25) is 11.8 Å². The van der Waals surface area contributed by atoms with E-state index in [1.807, 2.05) is 41.5 Å². The average Bonchev–Trinajstić information content (AvgIpc) is 3.16. The van der Waals surface area contributed by atoms with Crippen LogP contribution in [0.4, 0.5) is 9.59 Å². The first-order chi connectivity index (χ1) is 13.0. The Morgan fingerprint density at radius 2 is 1.18 bits per heavy atom. The molecule has 2 aliphatic heterocycles. The minimum atomic E-state index is -0.625. The standard InChI is InChI=1S/C20H32N2O6/c1-11(2)14(7-17(23)21-15(12(3)4)9-27-19(21)25)8-18(24)22-16(13(5)6)10-28-20(22)26/h11-16H,7-10H2,1-6H3/t15-,16-/m1/s1. The van der Waals surface area contributed by atoms with E-state index in [0.717, 1.165) is 0 Å². The van der Waals surface area contributed by atoms with Gasteiger partial charge in [-0.25, -0.2) is 19.4 Å². The van der Waals surface area contributed by atoms with Gasteiger partial charge >= 0.3 is 12.2 Å². The molecule has 158 valence electrons. The Kier molecular flexibility index (Phi) is 7.06. The lowest BCUT2D eigenvalue weighted by molar-refractivity contribution is -0.133. The SMILES string of the molecule is CC(C)C(CC(=O)N1C(=O)OC[C@@H]1C(C)C)CC(=O)N1C(=O)OC[C@@H]1C(C)C. The highest BCUT2D eigenvalue weighted by Crippen LogP contribution is 2.28. The molecule has 0 spiro atoms. The first kappa shape index (κ1) is 22.2. The second kappa shape index (κ2) is 8.92. The van der Waals surface area contributed by atoms with Gasteiger partial charge < -0.3 is 9.47 Å². The van der Waals surface area contributed by atoms with E-state index in [9.17, 15) is 19.2 Å². The predicted molar refractivity (Wildman–Crippen MR) is 101 cm³/mol. The smallest absolute Gasteiger partial charge is 0.416 e. The minimum Gasteiger partial charge on any atom is -0.447 e. The van der Waals surface area contributed by atoms with Crippen LogP contribution < -0.4 is 0 Å². The normalized spacial score (nSPS) is 22.6.